The van der Waals surface area contributed by atoms with E-state index in [4.69, 9.17) is 14.2 Å². The molecule has 2 rings (SSSR count). The molecular formula is C20H23BrO3. The highest BCUT2D eigenvalue weighted by molar-refractivity contribution is 9.10. The van der Waals surface area contributed by atoms with E-state index in [1.807, 2.05) is 42.5 Å². The summed E-state index contributed by atoms with van der Waals surface area (Å²) >= 11 is 3.51. The van der Waals surface area contributed by atoms with Gasteiger partial charge in [0.1, 0.15) is 5.75 Å². The van der Waals surface area contributed by atoms with Crippen LogP contribution in [0.5, 0.6) is 17.2 Å². The summed E-state index contributed by atoms with van der Waals surface area (Å²) in [6, 6.07) is 12.0. The largest absolute Gasteiger partial charge is 0.493 e. The van der Waals surface area contributed by atoms with Crippen LogP contribution in [0.2, 0.25) is 0 Å². The standard InChI is InChI=1S/C20H23BrO3/c1-4-6-16-8-10-19(20(14-16)22-3)24-12-5-11-23-18-9-7-15(2)13-17(18)21/h4,7-10,13-14H,1,5-6,11-12H2,2-3H3. The van der Waals surface area contributed by atoms with Gasteiger partial charge in [0.25, 0.3) is 0 Å². The molecule has 0 radical (unpaired) electrons. The number of aryl methyl sites for hydroxylation is 1. The molecule has 0 aliphatic rings. The van der Waals surface area contributed by atoms with Crippen LogP contribution in [0.3, 0.4) is 0 Å². The molecule has 3 nitrogen and oxygen atoms in total. The Labute approximate surface area is 152 Å². The first-order chi connectivity index (χ1) is 11.6. The van der Waals surface area contributed by atoms with Crippen molar-refractivity contribution in [2.24, 2.45) is 0 Å². The number of ether oxygens (including phenoxy) is 3. The van der Waals surface area contributed by atoms with Gasteiger partial charge in [0.15, 0.2) is 11.5 Å². The highest BCUT2D eigenvalue weighted by atomic mass is 79.9. The maximum absolute atomic E-state index is 5.81. The van der Waals surface area contributed by atoms with Gasteiger partial charge in [-0.3, -0.25) is 0 Å². The summed E-state index contributed by atoms with van der Waals surface area (Å²) in [6.07, 6.45) is 3.48. The Bertz CT molecular complexity index is 683. The van der Waals surface area contributed by atoms with Gasteiger partial charge in [-0.25, -0.2) is 0 Å². The van der Waals surface area contributed by atoms with Crippen molar-refractivity contribution in [1.82, 2.24) is 0 Å². The van der Waals surface area contributed by atoms with Crippen LogP contribution in [0.15, 0.2) is 53.5 Å². The van der Waals surface area contributed by atoms with E-state index in [-0.39, 0.29) is 0 Å². The molecule has 0 unspecified atom stereocenters. The average molecular weight is 391 g/mol. The summed E-state index contributed by atoms with van der Waals surface area (Å²) in [4.78, 5) is 0. The fourth-order valence-corrected chi connectivity index (χ4v) is 2.88. The molecule has 2 aromatic carbocycles. The molecule has 128 valence electrons. The maximum Gasteiger partial charge on any atom is 0.161 e. The molecule has 2 aromatic rings. The Morgan fingerprint density at radius 2 is 1.71 bits per heavy atom. The molecular weight excluding hydrogens is 368 g/mol. The topological polar surface area (TPSA) is 27.7 Å². The fraction of sp³-hybridized carbons (Fsp3) is 0.300. The average Bonchev–Trinajstić information content (AvgIpc) is 2.57. The molecule has 0 amide bonds. The zero-order valence-electron chi connectivity index (χ0n) is 14.2. The molecule has 0 saturated heterocycles. The molecule has 0 saturated carbocycles. The smallest absolute Gasteiger partial charge is 0.161 e. The van der Waals surface area contributed by atoms with Gasteiger partial charge in [0, 0.05) is 6.42 Å². The van der Waals surface area contributed by atoms with Crippen LogP contribution in [-0.4, -0.2) is 20.3 Å². The second-order valence-corrected chi connectivity index (χ2v) is 6.32. The van der Waals surface area contributed by atoms with E-state index in [0.717, 1.165) is 40.1 Å². The van der Waals surface area contributed by atoms with Gasteiger partial charge < -0.3 is 14.2 Å². The molecule has 0 spiro atoms. The van der Waals surface area contributed by atoms with Crippen molar-refractivity contribution < 1.29 is 14.2 Å². The lowest BCUT2D eigenvalue weighted by molar-refractivity contribution is 0.239. The van der Waals surface area contributed by atoms with E-state index >= 15 is 0 Å². The fourth-order valence-electron chi connectivity index (χ4n) is 2.27. The number of hydrogen-bond acceptors (Lipinski definition) is 3. The minimum absolute atomic E-state index is 0.570. The first-order valence-electron chi connectivity index (χ1n) is 7.93. The number of methoxy groups -OCH3 is 1. The molecule has 0 bridgehead atoms. The molecule has 0 heterocycles. The monoisotopic (exact) mass is 390 g/mol. The quantitative estimate of drug-likeness (QED) is 0.427. The lowest BCUT2D eigenvalue weighted by Gasteiger charge is -2.12. The van der Waals surface area contributed by atoms with Crippen LogP contribution < -0.4 is 14.2 Å². The van der Waals surface area contributed by atoms with E-state index in [9.17, 15) is 0 Å². The van der Waals surface area contributed by atoms with Crippen molar-refractivity contribution in [1.29, 1.82) is 0 Å². The number of rotatable bonds is 9. The van der Waals surface area contributed by atoms with Crippen LogP contribution in [0.1, 0.15) is 17.5 Å². The second kappa shape index (κ2) is 9.38. The van der Waals surface area contributed by atoms with Gasteiger partial charge in [-0.2, -0.15) is 0 Å². The summed E-state index contributed by atoms with van der Waals surface area (Å²) in [5, 5.41) is 0. The van der Waals surface area contributed by atoms with E-state index in [0.29, 0.717) is 13.2 Å². The molecule has 0 aromatic heterocycles. The van der Waals surface area contributed by atoms with Crippen molar-refractivity contribution in [2.45, 2.75) is 19.8 Å². The zero-order chi connectivity index (χ0) is 17.4. The summed E-state index contributed by atoms with van der Waals surface area (Å²) in [7, 11) is 1.65. The Morgan fingerprint density at radius 3 is 2.38 bits per heavy atom. The summed E-state index contributed by atoms with van der Waals surface area (Å²) in [5.41, 5.74) is 2.35. The van der Waals surface area contributed by atoms with Gasteiger partial charge in [0.05, 0.1) is 24.8 Å². The molecule has 24 heavy (non-hydrogen) atoms. The van der Waals surface area contributed by atoms with Gasteiger partial charge in [-0.15, -0.1) is 6.58 Å². The first kappa shape index (κ1) is 18.4. The van der Waals surface area contributed by atoms with E-state index in [1.165, 1.54) is 5.56 Å². The molecule has 0 fully saturated rings. The van der Waals surface area contributed by atoms with Crippen molar-refractivity contribution in [3.8, 4) is 17.2 Å². The Kier molecular flexibility index (Phi) is 7.19. The summed E-state index contributed by atoms with van der Waals surface area (Å²) in [6.45, 7) is 6.97. The zero-order valence-corrected chi connectivity index (χ0v) is 15.8. The minimum atomic E-state index is 0.570. The van der Waals surface area contributed by atoms with Crippen LogP contribution in [0.4, 0.5) is 0 Å². The number of halogens is 1. The van der Waals surface area contributed by atoms with Crippen LogP contribution >= 0.6 is 15.9 Å². The predicted molar refractivity (Wildman–Crippen MR) is 101 cm³/mol. The van der Waals surface area contributed by atoms with Gasteiger partial charge >= 0.3 is 0 Å². The van der Waals surface area contributed by atoms with E-state index in [2.05, 4.69) is 29.4 Å². The van der Waals surface area contributed by atoms with E-state index in [1.54, 1.807) is 7.11 Å². The molecule has 0 atom stereocenters. The van der Waals surface area contributed by atoms with Crippen LogP contribution in [0, 0.1) is 6.92 Å². The first-order valence-corrected chi connectivity index (χ1v) is 8.73. The van der Waals surface area contributed by atoms with Crippen LogP contribution in [0.25, 0.3) is 0 Å². The molecule has 0 N–H and O–H groups in total. The third-order valence-electron chi connectivity index (χ3n) is 3.50. The van der Waals surface area contributed by atoms with Crippen molar-refractivity contribution in [3.63, 3.8) is 0 Å². The molecule has 0 aliphatic heterocycles. The normalized spacial score (nSPS) is 10.3. The highest BCUT2D eigenvalue weighted by Crippen LogP contribution is 2.29. The summed E-state index contributed by atoms with van der Waals surface area (Å²) in [5.74, 6) is 2.35. The van der Waals surface area contributed by atoms with Gasteiger partial charge in [-0.05, 0) is 64.7 Å². The number of benzene rings is 2. The van der Waals surface area contributed by atoms with E-state index < -0.39 is 0 Å². The predicted octanol–water partition coefficient (Wildman–Crippen LogP) is 5.34. The second-order valence-electron chi connectivity index (χ2n) is 5.46. The summed E-state index contributed by atoms with van der Waals surface area (Å²) < 4.78 is 17.9. The van der Waals surface area contributed by atoms with Gasteiger partial charge in [-0.1, -0.05) is 18.2 Å². The SMILES string of the molecule is C=CCc1ccc(OCCCOc2ccc(C)cc2Br)c(OC)c1. The highest BCUT2D eigenvalue weighted by Gasteiger charge is 2.06. The molecule has 0 aliphatic carbocycles. The maximum atomic E-state index is 5.81. The minimum Gasteiger partial charge on any atom is -0.493 e. The Hall–Kier alpha value is -1.94. The number of hydrogen-bond donors (Lipinski definition) is 0. The van der Waals surface area contributed by atoms with Crippen molar-refractivity contribution in [3.05, 3.63) is 64.7 Å². The lowest BCUT2D eigenvalue weighted by atomic mass is 10.1. The Morgan fingerprint density at radius 1 is 1.00 bits per heavy atom. The molecule has 4 heteroatoms. The number of allylic oxidation sites excluding steroid dienone is 1. The Balaban J connectivity index is 1.80. The third kappa shape index (κ3) is 5.31. The van der Waals surface area contributed by atoms with Crippen molar-refractivity contribution >= 4 is 15.9 Å². The lowest BCUT2D eigenvalue weighted by Crippen LogP contribution is -2.06. The van der Waals surface area contributed by atoms with Crippen molar-refractivity contribution in [2.75, 3.05) is 20.3 Å². The van der Waals surface area contributed by atoms with Crippen LogP contribution in [-0.2, 0) is 6.42 Å². The van der Waals surface area contributed by atoms with Gasteiger partial charge in [0.2, 0.25) is 0 Å². The third-order valence-corrected chi connectivity index (χ3v) is 4.12.